The molecule has 0 unspecified atom stereocenters. The van der Waals surface area contributed by atoms with E-state index >= 15 is 0 Å². The SMILES string of the molecule is CC(C)(CS(=O)(=O)O)NC(=O)[C@@H](N)CO.[H-].[Na+]. The van der Waals surface area contributed by atoms with Crippen LogP contribution in [-0.4, -0.2) is 47.9 Å². The molecule has 0 aromatic heterocycles. The number of nitrogens with two attached hydrogens (primary N) is 1. The molecule has 0 aromatic rings. The third-order valence-electron chi connectivity index (χ3n) is 1.54. The number of carbonyl (C=O) groups is 1. The zero-order valence-electron chi connectivity index (χ0n) is 10.6. The van der Waals surface area contributed by atoms with Gasteiger partial charge in [-0.1, -0.05) is 0 Å². The van der Waals surface area contributed by atoms with E-state index in [-0.39, 0.29) is 31.0 Å². The Balaban J connectivity index is -0.000000980. The van der Waals surface area contributed by atoms with Gasteiger partial charge in [0.2, 0.25) is 5.91 Å². The molecule has 0 heterocycles. The fourth-order valence-electron chi connectivity index (χ4n) is 1.00. The third-order valence-corrected chi connectivity index (χ3v) is 2.62. The molecule has 7 nitrogen and oxygen atoms in total. The van der Waals surface area contributed by atoms with Crippen LogP contribution in [-0.2, 0) is 14.9 Å². The molecule has 5 N–H and O–H groups in total. The van der Waals surface area contributed by atoms with Gasteiger partial charge >= 0.3 is 29.6 Å². The Hall–Kier alpha value is 0.300. The average Bonchev–Trinajstić information content (AvgIpc) is 1.96. The molecule has 0 aromatic carbocycles. The normalized spacial score (nSPS) is 13.8. The van der Waals surface area contributed by atoms with Gasteiger partial charge < -0.3 is 17.6 Å². The van der Waals surface area contributed by atoms with Gasteiger partial charge in [-0.25, -0.2) is 0 Å². The summed E-state index contributed by atoms with van der Waals surface area (Å²) in [5.41, 5.74) is 4.07. The molecule has 9 heteroatoms. The summed E-state index contributed by atoms with van der Waals surface area (Å²) < 4.78 is 29.8. The van der Waals surface area contributed by atoms with E-state index in [1.165, 1.54) is 13.8 Å². The zero-order valence-corrected chi connectivity index (χ0v) is 12.4. The van der Waals surface area contributed by atoms with Crippen molar-refractivity contribution in [2.24, 2.45) is 5.73 Å². The summed E-state index contributed by atoms with van der Waals surface area (Å²) in [5.74, 6) is -1.30. The standard InChI is InChI=1S/C7H16N2O5S.Na.H/c1-7(2,4-15(12,13)14)9-6(11)5(8)3-10;;/h5,10H,3-4,8H2,1-2H3,(H,9,11)(H,12,13,14);;/q;+1;-1/t5-;;/m0../s1. The van der Waals surface area contributed by atoms with Crippen molar-refractivity contribution in [2.75, 3.05) is 12.4 Å². The number of amides is 1. The van der Waals surface area contributed by atoms with Crippen molar-refractivity contribution in [1.82, 2.24) is 5.32 Å². The van der Waals surface area contributed by atoms with Crippen LogP contribution in [0.3, 0.4) is 0 Å². The Bertz CT molecular complexity index is 335. The van der Waals surface area contributed by atoms with E-state index in [4.69, 9.17) is 15.4 Å². The van der Waals surface area contributed by atoms with E-state index < -0.39 is 40.0 Å². The molecule has 0 aliphatic heterocycles. The summed E-state index contributed by atoms with van der Waals surface area (Å²) in [5, 5.41) is 10.9. The molecule has 92 valence electrons. The summed E-state index contributed by atoms with van der Waals surface area (Å²) in [7, 11) is -4.18. The van der Waals surface area contributed by atoms with Gasteiger partial charge in [-0.2, -0.15) is 8.42 Å². The van der Waals surface area contributed by atoms with Crippen LogP contribution < -0.4 is 40.6 Å². The maximum atomic E-state index is 11.2. The van der Waals surface area contributed by atoms with Crippen LogP contribution in [0.5, 0.6) is 0 Å². The molecular weight excluding hydrogens is 247 g/mol. The average molecular weight is 264 g/mol. The summed E-state index contributed by atoms with van der Waals surface area (Å²) in [4.78, 5) is 11.2. The molecule has 0 fully saturated rings. The van der Waals surface area contributed by atoms with Crippen molar-refractivity contribution in [3.05, 3.63) is 0 Å². The number of rotatable bonds is 5. The van der Waals surface area contributed by atoms with E-state index in [2.05, 4.69) is 5.32 Å². The van der Waals surface area contributed by atoms with E-state index in [9.17, 15) is 13.2 Å². The quantitative estimate of drug-likeness (QED) is 0.291. The molecule has 1 atom stereocenters. The Morgan fingerprint density at radius 3 is 2.31 bits per heavy atom. The summed E-state index contributed by atoms with van der Waals surface area (Å²) in [6.07, 6.45) is 0. The number of nitrogens with one attached hydrogen (secondary N) is 1. The number of aliphatic hydroxyl groups excluding tert-OH is 1. The molecule has 1 amide bonds. The first-order valence-corrected chi connectivity index (χ1v) is 5.82. The second kappa shape index (κ2) is 6.90. The summed E-state index contributed by atoms with van der Waals surface area (Å²) in [6, 6.07) is -1.11. The Kier molecular flexibility index (Phi) is 8.04. The second-order valence-corrected chi connectivity index (χ2v) is 5.34. The van der Waals surface area contributed by atoms with Crippen LogP contribution >= 0.6 is 0 Å². The second-order valence-electron chi connectivity index (χ2n) is 3.89. The van der Waals surface area contributed by atoms with E-state index in [0.717, 1.165) is 0 Å². The van der Waals surface area contributed by atoms with Gasteiger partial charge in [0, 0.05) is 0 Å². The van der Waals surface area contributed by atoms with Crippen molar-refractivity contribution >= 4 is 16.0 Å². The van der Waals surface area contributed by atoms with Crippen LogP contribution in [0, 0.1) is 0 Å². The van der Waals surface area contributed by atoms with Gasteiger partial charge in [0.05, 0.1) is 17.9 Å². The molecule has 0 rings (SSSR count). The molecular formula is C7H17N2NaO5S. The van der Waals surface area contributed by atoms with Gasteiger partial charge in [0.25, 0.3) is 10.1 Å². The Labute approximate surface area is 118 Å². The maximum Gasteiger partial charge on any atom is 1.00 e. The third kappa shape index (κ3) is 8.45. The van der Waals surface area contributed by atoms with Gasteiger partial charge in [0.1, 0.15) is 6.04 Å². The minimum absolute atomic E-state index is 0. The van der Waals surface area contributed by atoms with Crippen LogP contribution in [0.15, 0.2) is 0 Å². The van der Waals surface area contributed by atoms with Gasteiger partial charge in [-0.15, -0.1) is 0 Å². The first-order valence-electron chi connectivity index (χ1n) is 4.21. The van der Waals surface area contributed by atoms with E-state index in [1.807, 2.05) is 0 Å². The van der Waals surface area contributed by atoms with Crippen LogP contribution in [0.25, 0.3) is 0 Å². The molecule has 0 saturated heterocycles. The number of hydrogen-bond donors (Lipinski definition) is 4. The van der Waals surface area contributed by atoms with Crippen molar-refractivity contribution in [3.8, 4) is 0 Å². The molecule has 0 bridgehead atoms. The first kappa shape index (κ1) is 18.7. The van der Waals surface area contributed by atoms with Crippen molar-refractivity contribution in [3.63, 3.8) is 0 Å². The molecule has 0 aliphatic rings. The monoisotopic (exact) mass is 264 g/mol. The van der Waals surface area contributed by atoms with Crippen molar-refractivity contribution in [2.45, 2.75) is 25.4 Å². The Morgan fingerprint density at radius 2 is 2.00 bits per heavy atom. The maximum absolute atomic E-state index is 11.2. The molecule has 16 heavy (non-hydrogen) atoms. The van der Waals surface area contributed by atoms with Crippen molar-refractivity contribution in [1.29, 1.82) is 0 Å². The number of carbonyl (C=O) groups excluding carboxylic acids is 1. The van der Waals surface area contributed by atoms with Crippen LogP contribution in [0.4, 0.5) is 0 Å². The van der Waals surface area contributed by atoms with Crippen LogP contribution in [0.2, 0.25) is 0 Å². The topological polar surface area (TPSA) is 130 Å². The molecule has 0 saturated carbocycles. The molecule has 0 radical (unpaired) electrons. The number of aliphatic hydroxyl groups is 1. The van der Waals surface area contributed by atoms with Gasteiger partial charge in [0.15, 0.2) is 0 Å². The largest absolute Gasteiger partial charge is 1.00 e. The zero-order chi connectivity index (χ0) is 12.3. The first-order chi connectivity index (χ1) is 6.57. The predicted octanol–water partition coefficient (Wildman–Crippen LogP) is -4.79. The minimum Gasteiger partial charge on any atom is -1.00 e. The summed E-state index contributed by atoms with van der Waals surface area (Å²) in [6.45, 7) is 2.30. The number of hydrogen-bond acceptors (Lipinski definition) is 5. The van der Waals surface area contributed by atoms with Crippen molar-refractivity contribution < 1.29 is 53.9 Å². The molecule has 0 aliphatic carbocycles. The smallest absolute Gasteiger partial charge is 1.00 e. The van der Waals surface area contributed by atoms with Gasteiger partial charge in [-0.3, -0.25) is 9.35 Å². The predicted molar refractivity (Wildman–Crippen MR) is 54.8 cm³/mol. The van der Waals surface area contributed by atoms with Gasteiger partial charge in [-0.05, 0) is 13.8 Å². The fraction of sp³-hybridized carbons (Fsp3) is 0.857. The minimum atomic E-state index is -4.18. The molecule has 0 spiro atoms. The fourth-order valence-corrected chi connectivity index (χ4v) is 1.99. The Morgan fingerprint density at radius 1 is 1.56 bits per heavy atom. The summed E-state index contributed by atoms with van der Waals surface area (Å²) >= 11 is 0. The van der Waals surface area contributed by atoms with E-state index in [1.54, 1.807) is 0 Å². The van der Waals surface area contributed by atoms with Crippen LogP contribution in [0.1, 0.15) is 15.3 Å². The van der Waals surface area contributed by atoms with E-state index in [0.29, 0.717) is 0 Å².